The van der Waals surface area contributed by atoms with Gasteiger partial charge in [0.15, 0.2) is 6.19 Å². The molecule has 0 aliphatic carbocycles. The Hall–Kier alpha value is -4.49. The number of hydrogen-bond acceptors (Lipinski definition) is 10. The topological polar surface area (TPSA) is 199 Å². The van der Waals surface area contributed by atoms with Gasteiger partial charge in [0.25, 0.3) is 0 Å². The van der Waals surface area contributed by atoms with Crippen molar-refractivity contribution >= 4 is 29.0 Å². The highest BCUT2D eigenvalue weighted by Gasteiger charge is 2.29. The maximum Gasteiger partial charge on any atom is 0.211 e. The van der Waals surface area contributed by atoms with Crippen LogP contribution in [0.5, 0.6) is 0 Å². The van der Waals surface area contributed by atoms with Crippen LogP contribution in [0.25, 0.3) is 0 Å². The molecule has 0 fully saturated rings. The average Bonchev–Trinajstić information content (AvgIpc) is 2.62. The van der Waals surface area contributed by atoms with Crippen LogP contribution in [-0.2, 0) is 0 Å². The van der Waals surface area contributed by atoms with E-state index in [0.717, 1.165) is 0 Å². The highest BCUT2D eigenvalue weighted by molar-refractivity contribution is 5.98. The lowest BCUT2D eigenvalue weighted by Gasteiger charge is -2.26. The highest BCUT2D eigenvalue weighted by Crippen LogP contribution is 2.40. The number of nitrogens with zero attached hydrogens (tertiary/aromatic N) is 5. The van der Waals surface area contributed by atoms with Gasteiger partial charge in [0, 0.05) is 11.3 Å². The molecule has 1 aliphatic heterocycles. The van der Waals surface area contributed by atoms with Crippen molar-refractivity contribution in [2.75, 3.05) is 22.5 Å². The van der Waals surface area contributed by atoms with E-state index in [0.29, 0.717) is 16.8 Å². The first-order chi connectivity index (χ1) is 12.5. The fourth-order valence-electron chi connectivity index (χ4n) is 2.66. The van der Waals surface area contributed by atoms with Crippen molar-refractivity contribution in [2.24, 2.45) is 4.99 Å². The molecular formula is C16H12N10. The van der Waals surface area contributed by atoms with Crippen LogP contribution in [0.3, 0.4) is 0 Å². The predicted octanol–water partition coefficient (Wildman–Crippen LogP) is 0.513. The second-order valence-electron chi connectivity index (χ2n) is 5.36. The molecule has 1 atom stereocenters. The first kappa shape index (κ1) is 16.4. The van der Waals surface area contributed by atoms with Crippen LogP contribution in [0.2, 0.25) is 0 Å². The molecule has 3 rings (SSSR count). The van der Waals surface area contributed by atoms with E-state index in [-0.39, 0.29) is 34.4 Å². The molecule has 0 saturated carbocycles. The number of nitrogens with two attached hydrogens (primary N) is 3. The molecule has 10 nitrogen and oxygen atoms in total. The lowest BCUT2D eigenvalue weighted by atomic mass is 9.94. The number of nitrogens with one attached hydrogen (secondary N) is 2. The van der Waals surface area contributed by atoms with E-state index in [1.807, 2.05) is 12.1 Å². The number of nitrogen functional groups attached to an aromatic ring is 3. The molecule has 2 aromatic rings. The summed E-state index contributed by atoms with van der Waals surface area (Å²) in [6.07, 6.45) is 1.77. The van der Waals surface area contributed by atoms with Crippen LogP contribution in [0.15, 0.2) is 23.2 Å². The fourth-order valence-corrected chi connectivity index (χ4v) is 2.66. The summed E-state index contributed by atoms with van der Waals surface area (Å²) in [4.78, 5) is 8.56. The van der Waals surface area contributed by atoms with Crippen molar-refractivity contribution in [2.45, 2.75) is 6.04 Å². The van der Waals surface area contributed by atoms with E-state index in [4.69, 9.17) is 22.5 Å². The third-order valence-electron chi connectivity index (χ3n) is 3.87. The van der Waals surface area contributed by atoms with Crippen molar-refractivity contribution in [1.29, 1.82) is 15.8 Å². The van der Waals surface area contributed by atoms with Gasteiger partial charge in [-0.3, -0.25) is 5.32 Å². The summed E-state index contributed by atoms with van der Waals surface area (Å²) >= 11 is 0. The SMILES string of the molecule is N#CNC1=NC(c2ccc(N)c(C#N)c2)c2c(nc(N)c(C#N)c2N)N1. The van der Waals surface area contributed by atoms with Crippen molar-refractivity contribution in [1.82, 2.24) is 10.3 Å². The standard InChI is InChI=1S/C16H12N10/c17-4-8-3-7(1-2-10(8)20)13-11-12(21)9(5-18)14(22)25-15(11)26-16(24-13)23-6-19/h1-3,13H,20H2,(H6,21,22,23,24,25,26). The van der Waals surface area contributed by atoms with E-state index < -0.39 is 6.04 Å². The number of guanidine groups is 1. The fraction of sp³-hybridized carbons (Fsp3) is 0.0625. The molecule has 0 spiro atoms. The molecule has 0 radical (unpaired) electrons. The zero-order chi connectivity index (χ0) is 18.8. The zero-order valence-corrected chi connectivity index (χ0v) is 13.3. The predicted molar refractivity (Wildman–Crippen MR) is 95.0 cm³/mol. The third kappa shape index (κ3) is 2.52. The number of rotatable bonds is 1. The van der Waals surface area contributed by atoms with Crippen LogP contribution < -0.4 is 27.8 Å². The average molecular weight is 344 g/mol. The number of nitriles is 3. The van der Waals surface area contributed by atoms with E-state index >= 15 is 0 Å². The highest BCUT2D eigenvalue weighted by atomic mass is 15.2. The Bertz CT molecular complexity index is 1060. The molecule has 1 aromatic heterocycles. The van der Waals surface area contributed by atoms with Crippen LogP contribution in [0, 0.1) is 34.1 Å². The van der Waals surface area contributed by atoms with E-state index in [9.17, 15) is 10.5 Å². The van der Waals surface area contributed by atoms with Gasteiger partial charge in [0.05, 0.1) is 11.3 Å². The van der Waals surface area contributed by atoms with Crippen LogP contribution >= 0.6 is 0 Å². The Morgan fingerprint density at radius 2 is 1.88 bits per heavy atom. The molecule has 1 unspecified atom stereocenters. The molecule has 0 bridgehead atoms. The van der Waals surface area contributed by atoms with Crippen molar-refractivity contribution < 1.29 is 0 Å². The summed E-state index contributed by atoms with van der Waals surface area (Å²) in [7, 11) is 0. The Balaban J connectivity index is 2.27. The minimum Gasteiger partial charge on any atom is -0.398 e. The Labute approximate surface area is 148 Å². The van der Waals surface area contributed by atoms with Gasteiger partial charge in [-0.05, 0) is 17.7 Å². The third-order valence-corrected chi connectivity index (χ3v) is 3.87. The van der Waals surface area contributed by atoms with Crippen LogP contribution in [0.1, 0.15) is 28.3 Å². The minimum atomic E-state index is -0.713. The van der Waals surface area contributed by atoms with E-state index in [1.54, 1.807) is 24.4 Å². The van der Waals surface area contributed by atoms with E-state index in [1.165, 1.54) is 0 Å². The minimum absolute atomic E-state index is 0.0387. The normalized spacial score (nSPS) is 14.7. The van der Waals surface area contributed by atoms with Gasteiger partial charge in [0.2, 0.25) is 5.96 Å². The smallest absolute Gasteiger partial charge is 0.211 e. The van der Waals surface area contributed by atoms with Gasteiger partial charge in [0.1, 0.15) is 35.4 Å². The van der Waals surface area contributed by atoms with Crippen molar-refractivity contribution in [3.8, 4) is 18.3 Å². The summed E-state index contributed by atoms with van der Waals surface area (Å²) in [5.74, 6) is 0.367. The largest absolute Gasteiger partial charge is 0.398 e. The van der Waals surface area contributed by atoms with Crippen molar-refractivity contribution in [3.05, 3.63) is 40.5 Å². The van der Waals surface area contributed by atoms with Gasteiger partial charge in [-0.15, -0.1) is 0 Å². The Morgan fingerprint density at radius 3 is 2.54 bits per heavy atom. The van der Waals surface area contributed by atoms with Crippen LogP contribution in [0.4, 0.5) is 23.0 Å². The molecule has 0 saturated heterocycles. The second kappa shape index (κ2) is 6.19. The molecule has 26 heavy (non-hydrogen) atoms. The number of anilines is 4. The summed E-state index contributed by atoms with van der Waals surface area (Å²) < 4.78 is 0. The molecule has 2 heterocycles. The number of fused-ring (bicyclic) bond motifs is 1. The molecular weight excluding hydrogens is 332 g/mol. The number of hydrogen-bond donors (Lipinski definition) is 5. The molecule has 0 amide bonds. The van der Waals surface area contributed by atoms with Gasteiger partial charge >= 0.3 is 0 Å². The van der Waals surface area contributed by atoms with Crippen molar-refractivity contribution in [3.63, 3.8) is 0 Å². The van der Waals surface area contributed by atoms with Gasteiger partial charge in [-0.25, -0.2) is 9.98 Å². The maximum absolute atomic E-state index is 9.29. The Morgan fingerprint density at radius 1 is 1.12 bits per heavy atom. The quantitative estimate of drug-likeness (QED) is 0.278. The molecule has 8 N–H and O–H groups in total. The van der Waals surface area contributed by atoms with Crippen LogP contribution in [-0.4, -0.2) is 10.9 Å². The molecule has 1 aromatic carbocycles. The van der Waals surface area contributed by atoms with Gasteiger partial charge < -0.3 is 22.5 Å². The zero-order valence-electron chi connectivity index (χ0n) is 13.3. The Kier molecular flexibility index (Phi) is 3.90. The first-order valence-electron chi connectivity index (χ1n) is 7.28. The molecule has 10 heteroatoms. The number of aromatic nitrogens is 1. The lowest BCUT2D eigenvalue weighted by molar-refractivity contribution is 0.846. The monoisotopic (exact) mass is 344 g/mol. The number of pyridine rings is 1. The first-order valence-corrected chi connectivity index (χ1v) is 7.28. The molecule has 126 valence electrons. The second-order valence-corrected chi connectivity index (χ2v) is 5.36. The number of benzene rings is 1. The lowest BCUT2D eigenvalue weighted by Crippen LogP contribution is -2.32. The summed E-state index contributed by atoms with van der Waals surface area (Å²) in [6.45, 7) is 0. The summed E-state index contributed by atoms with van der Waals surface area (Å²) in [6, 6.07) is 8.05. The summed E-state index contributed by atoms with van der Waals surface area (Å²) in [5, 5.41) is 32.6. The molecule has 1 aliphatic rings. The maximum atomic E-state index is 9.29. The summed E-state index contributed by atoms with van der Waals surface area (Å²) in [5.41, 5.74) is 19.5. The van der Waals surface area contributed by atoms with Gasteiger partial charge in [-0.1, -0.05) is 6.07 Å². The van der Waals surface area contributed by atoms with Gasteiger partial charge in [-0.2, -0.15) is 15.8 Å². The number of aliphatic imine (C=N–C) groups is 1. The van der Waals surface area contributed by atoms with E-state index in [2.05, 4.69) is 20.6 Å².